The Balaban J connectivity index is 2.55. The number of carbonyl (C=O) groups is 2. The predicted octanol–water partition coefficient (Wildman–Crippen LogP) is -0.458. The lowest BCUT2D eigenvalue weighted by Crippen LogP contribution is -2.36. The van der Waals surface area contributed by atoms with Crippen molar-refractivity contribution in [1.82, 2.24) is 4.90 Å². The topological polar surface area (TPSA) is 211 Å². The van der Waals surface area contributed by atoms with Crippen LogP contribution in [0, 0.1) is 0 Å². The first-order valence-corrected chi connectivity index (χ1v) is 12.0. The SMILES string of the molecule is CN1Cc2c(Cl)cc(Cl)cc2C(c2cc(C(N)=O)c(C(CO)C(O)O)c(C(N)=O)c2C(CO)C(O)O)C1. The average molecular weight is 558 g/mol. The van der Waals surface area contributed by atoms with Crippen molar-refractivity contribution >= 4 is 35.0 Å². The quantitative estimate of drug-likeness (QED) is 0.187. The summed E-state index contributed by atoms with van der Waals surface area (Å²) < 4.78 is 0. The molecule has 37 heavy (non-hydrogen) atoms. The number of nitrogens with two attached hydrogens (primary N) is 2. The molecule has 1 aliphatic rings. The second kappa shape index (κ2) is 11.6. The monoisotopic (exact) mass is 557 g/mol. The minimum atomic E-state index is -2.24. The van der Waals surface area contributed by atoms with E-state index >= 15 is 0 Å². The van der Waals surface area contributed by atoms with Gasteiger partial charge in [0.25, 0.3) is 0 Å². The number of rotatable bonds is 9. The van der Waals surface area contributed by atoms with E-state index in [9.17, 15) is 40.2 Å². The van der Waals surface area contributed by atoms with Crippen LogP contribution in [0.4, 0.5) is 0 Å². The van der Waals surface area contributed by atoms with E-state index in [1.807, 2.05) is 4.90 Å². The van der Waals surface area contributed by atoms with E-state index < -0.39 is 60.9 Å². The molecule has 202 valence electrons. The normalized spacial score (nSPS) is 17.6. The highest BCUT2D eigenvalue weighted by Gasteiger charge is 2.39. The molecule has 11 nitrogen and oxygen atoms in total. The molecular weight excluding hydrogens is 529 g/mol. The number of aliphatic hydroxyl groups is 6. The van der Waals surface area contributed by atoms with Crippen LogP contribution in [-0.2, 0) is 6.54 Å². The van der Waals surface area contributed by atoms with E-state index in [-0.39, 0.29) is 28.8 Å². The number of amides is 2. The van der Waals surface area contributed by atoms with E-state index in [4.69, 9.17) is 34.7 Å². The van der Waals surface area contributed by atoms with Crippen LogP contribution < -0.4 is 11.5 Å². The van der Waals surface area contributed by atoms with Crippen LogP contribution in [0.1, 0.15) is 66.3 Å². The Kier molecular flexibility index (Phi) is 9.17. The third kappa shape index (κ3) is 5.60. The molecule has 2 amide bonds. The van der Waals surface area contributed by atoms with Gasteiger partial charge in [0.2, 0.25) is 11.8 Å². The Morgan fingerprint density at radius 1 is 0.946 bits per heavy atom. The van der Waals surface area contributed by atoms with E-state index in [0.29, 0.717) is 27.7 Å². The number of hydrogen-bond donors (Lipinski definition) is 8. The van der Waals surface area contributed by atoms with E-state index in [0.717, 1.165) is 0 Å². The number of aliphatic hydroxyl groups excluding tert-OH is 4. The van der Waals surface area contributed by atoms with Gasteiger partial charge >= 0.3 is 0 Å². The number of carbonyl (C=O) groups excluding carboxylic acids is 2. The fourth-order valence-corrected chi connectivity index (χ4v) is 5.63. The van der Waals surface area contributed by atoms with Gasteiger partial charge in [0.15, 0.2) is 12.6 Å². The number of nitrogens with zero attached hydrogens (tertiary/aromatic N) is 1. The standard InChI is InChI=1S/C24H29Cl2N3O8/c1-29-5-13(10-2-9(25)3-17(26)14(10)6-29)11-4-12(21(27)32)19(16(8-31)24(36)37)20(22(28)33)18(11)15(7-30)23(34)35/h2-4,13,15-16,23-24,30-31,34-37H,5-8H2,1H3,(H2,27,32)(H2,28,33). The van der Waals surface area contributed by atoms with E-state index in [2.05, 4.69) is 0 Å². The predicted molar refractivity (Wildman–Crippen MR) is 134 cm³/mol. The van der Waals surface area contributed by atoms with Crippen LogP contribution in [0.25, 0.3) is 0 Å². The lowest BCUT2D eigenvalue weighted by atomic mass is 9.74. The van der Waals surface area contributed by atoms with E-state index in [1.165, 1.54) is 6.07 Å². The van der Waals surface area contributed by atoms with E-state index in [1.54, 1.807) is 19.2 Å². The van der Waals surface area contributed by atoms with Gasteiger partial charge in [-0.05, 0) is 53.1 Å². The molecule has 1 heterocycles. The molecule has 2 aromatic rings. The van der Waals surface area contributed by atoms with Crippen LogP contribution in [-0.4, -0.2) is 86.7 Å². The fourth-order valence-electron chi connectivity index (χ4n) is 5.06. The van der Waals surface area contributed by atoms with Crippen molar-refractivity contribution in [2.75, 3.05) is 26.8 Å². The lowest BCUT2D eigenvalue weighted by Gasteiger charge is -2.37. The van der Waals surface area contributed by atoms with Crippen LogP contribution in [0.3, 0.4) is 0 Å². The maximum atomic E-state index is 12.9. The van der Waals surface area contributed by atoms with Gasteiger partial charge in [-0.15, -0.1) is 0 Å². The van der Waals surface area contributed by atoms with Crippen LogP contribution in [0.2, 0.25) is 10.0 Å². The molecule has 3 rings (SSSR count). The Labute approximate surface area is 222 Å². The molecule has 3 atom stereocenters. The lowest BCUT2D eigenvalue weighted by molar-refractivity contribution is -0.0720. The van der Waals surface area contributed by atoms with Crippen molar-refractivity contribution in [3.05, 3.63) is 67.2 Å². The molecule has 0 radical (unpaired) electrons. The summed E-state index contributed by atoms with van der Waals surface area (Å²) in [6.07, 6.45) is -4.44. The smallest absolute Gasteiger partial charge is 0.249 e. The molecular formula is C24H29Cl2N3O8. The van der Waals surface area contributed by atoms with Crippen LogP contribution in [0.5, 0.6) is 0 Å². The molecule has 10 N–H and O–H groups in total. The number of halogens is 2. The molecule has 0 spiro atoms. The fraction of sp³-hybridized carbons (Fsp3) is 0.417. The zero-order valence-corrected chi connectivity index (χ0v) is 21.3. The first-order chi connectivity index (χ1) is 17.3. The highest BCUT2D eigenvalue weighted by molar-refractivity contribution is 6.35. The van der Waals surface area contributed by atoms with Crippen LogP contribution >= 0.6 is 23.2 Å². The second-order valence-corrected chi connectivity index (χ2v) is 9.90. The zero-order chi connectivity index (χ0) is 27.8. The minimum absolute atomic E-state index is 0.147. The third-order valence-electron chi connectivity index (χ3n) is 6.67. The summed E-state index contributed by atoms with van der Waals surface area (Å²) in [5, 5.41) is 60.9. The van der Waals surface area contributed by atoms with Gasteiger partial charge in [-0.25, -0.2) is 0 Å². The number of likely N-dealkylation sites (N-methyl/N-ethyl adjacent to an activating group) is 1. The highest BCUT2D eigenvalue weighted by Crippen LogP contribution is 2.44. The van der Waals surface area contributed by atoms with Gasteiger partial charge in [-0.2, -0.15) is 0 Å². The Hall–Kier alpha value is -2.32. The Morgan fingerprint density at radius 2 is 1.51 bits per heavy atom. The van der Waals surface area contributed by atoms with Crippen molar-refractivity contribution in [2.24, 2.45) is 11.5 Å². The average Bonchev–Trinajstić information content (AvgIpc) is 2.79. The first-order valence-electron chi connectivity index (χ1n) is 11.2. The summed E-state index contributed by atoms with van der Waals surface area (Å²) in [6, 6.07) is 4.50. The van der Waals surface area contributed by atoms with Gasteiger partial charge in [0.1, 0.15) is 0 Å². The van der Waals surface area contributed by atoms with Crippen molar-refractivity contribution in [2.45, 2.75) is 36.9 Å². The molecule has 3 unspecified atom stereocenters. The summed E-state index contributed by atoms with van der Waals surface area (Å²) >= 11 is 12.8. The molecule has 0 aromatic heterocycles. The molecule has 0 fully saturated rings. The van der Waals surface area contributed by atoms with Crippen molar-refractivity contribution < 1.29 is 40.2 Å². The van der Waals surface area contributed by atoms with Crippen LogP contribution in [0.15, 0.2) is 18.2 Å². The third-order valence-corrected chi connectivity index (χ3v) is 7.23. The number of fused-ring (bicyclic) bond motifs is 1. The molecule has 0 aliphatic carbocycles. The molecule has 0 saturated carbocycles. The summed E-state index contributed by atoms with van der Waals surface area (Å²) in [5.74, 6) is -6.05. The van der Waals surface area contributed by atoms with Gasteiger partial charge in [0, 0.05) is 40.2 Å². The maximum Gasteiger partial charge on any atom is 0.249 e. The number of primary amides is 2. The minimum Gasteiger partial charge on any atom is -0.396 e. The van der Waals surface area contributed by atoms with Gasteiger partial charge < -0.3 is 47.0 Å². The highest BCUT2D eigenvalue weighted by atomic mass is 35.5. The van der Waals surface area contributed by atoms with Gasteiger partial charge in [0.05, 0.1) is 25.0 Å². The number of hydrogen-bond acceptors (Lipinski definition) is 9. The van der Waals surface area contributed by atoms with Crippen molar-refractivity contribution in [3.63, 3.8) is 0 Å². The summed E-state index contributed by atoms with van der Waals surface area (Å²) in [5.41, 5.74) is 11.5. The summed E-state index contributed by atoms with van der Waals surface area (Å²) in [7, 11) is 1.80. The molecule has 0 bridgehead atoms. The van der Waals surface area contributed by atoms with Crippen molar-refractivity contribution in [3.8, 4) is 0 Å². The Bertz CT molecular complexity index is 1210. The summed E-state index contributed by atoms with van der Waals surface area (Å²) in [4.78, 5) is 27.4. The second-order valence-electron chi connectivity index (χ2n) is 9.05. The van der Waals surface area contributed by atoms with Gasteiger partial charge in [-0.3, -0.25) is 9.59 Å². The number of benzene rings is 2. The summed E-state index contributed by atoms with van der Waals surface area (Å²) in [6.45, 7) is -1.06. The zero-order valence-electron chi connectivity index (χ0n) is 19.8. The molecule has 13 heteroatoms. The largest absolute Gasteiger partial charge is 0.396 e. The van der Waals surface area contributed by atoms with Crippen molar-refractivity contribution in [1.29, 1.82) is 0 Å². The molecule has 2 aromatic carbocycles. The maximum absolute atomic E-state index is 12.9. The molecule has 1 aliphatic heterocycles. The molecule has 0 saturated heterocycles. The Morgan fingerprint density at radius 3 is 2.00 bits per heavy atom. The van der Waals surface area contributed by atoms with Gasteiger partial charge in [-0.1, -0.05) is 23.2 Å². The first kappa shape index (κ1) is 29.2.